The topological polar surface area (TPSA) is 29.9 Å². The number of imidazole rings is 1. The van der Waals surface area contributed by atoms with Gasteiger partial charge >= 0.3 is 0 Å². The van der Waals surface area contributed by atoms with Crippen LogP contribution in [-0.4, -0.2) is 22.1 Å². The Balaban J connectivity index is 1.73. The Bertz CT molecular complexity index is 526. The first-order chi connectivity index (χ1) is 8.83. The third-order valence-corrected chi connectivity index (χ3v) is 3.39. The largest absolute Gasteiger partial charge is 0.329 e. The second-order valence-corrected chi connectivity index (χ2v) is 5.07. The van der Waals surface area contributed by atoms with Crippen molar-refractivity contribution >= 4 is 0 Å². The van der Waals surface area contributed by atoms with Crippen molar-refractivity contribution in [2.45, 2.75) is 32.4 Å². The Morgan fingerprint density at radius 3 is 3.06 bits per heavy atom. The highest BCUT2D eigenvalue weighted by atomic mass is 15.1. The number of nitrogens with zero attached hydrogens (tertiary/aromatic N) is 2. The Morgan fingerprint density at radius 1 is 1.39 bits per heavy atom. The van der Waals surface area contributed by atoms with Crippen LogP contribution in [0.1, 0.15) is 18.4 Å². The minimum atomic E-state index is 0.774. The number of aryl methyl sites for hydroxylation is 1. The third kappa shape index (κ3) is 2.62. The quantitative estimate of drug-likeness (QED) is 0.872. The van der Waals surface area contributed by atoms with Gasteiger partial charge in [-0.1, -0.05) is 23.8 Å². The molecule has 0 aliphatic heterocycles. The van der Waals surface area contributed by atoms with Crippen molar-refractivity contribution in [3.63, 3.8) is 0 Å². The smallest absolute Gasteiger partial charge is 0.0951 e. The van der Waals surface area contributed by atoms with Gasteiger partial charge in [0.15, 0.2) is 0 Å². The van der Waals surface area contributed by atoms with Crippen molar-refractivity contribution in [1.82, 2.24) is 14.9 Å². The Labute approximate surface area is 108 Å². The summed E-state index contributed by atoms with van der Waals surface area (Å²) in [5, 5.41) is 3.54. The molecule has 1 aliphatic rings. The molecule has 3 rings (SSSR count). The van der Waals surface area contributed by atoms with Crippen LogP contribution in [-0.2, 0) is 6.54 Å². The summed E-state index contributed by atoms with van der Waals surface area (Å²) in [5.41, 5.74) is 3.74. The molecular weight excluding hydrogens is 222 g/mol. The van der Waals surface area contributed by atoms with Gasteiger partial charge in [-0.25, -0.2) is 4.98 Å². The molecule has 2 aromatic rings. The van der Waals surface area contributed by atoms with Gasteiger partial charge in [0.25, 0.3) is 0 Å². The lowest BCUT2D eigenvalue weighted by atomic mass is 10.1. The van der Waals surface area contributed by atoms with Crippen molar-refractivity contribution in [2.75, 3.05) is 6.54 Å². The van der Waals surface area contributed by atoms with Gasteiger partial charge < -0.3 is 9.88 Å². The molecule has 1 aromatic carbocycles. The van der Waals surface area contributed by atoms with E-state index < -0.39 is 0 Å². The first-order valence-corrected chi connectivity index (χ1v) is 6.63. The lowest BCUT2D eigenvalue weighted by Gasteiger charge is -2.09. The molecule has 94 valence electrons. The monoisotopic (exact) mass is 241 g/mol. The van der Waals surface area contributed by atoms with Crippen LogP contribution < -0.4 is 5.32 Å². The summed E-state index contributed by atoms with van der Waals surface area (Å²) in [5.74, 6) is 0. The lowest BCUT2D eigenvalue weighted by molar-refractivity contribution is 0.598. The molecule has 0 atom stereocenters. The molecule has 18 heavy (non-hydrogen) atoms. The summed E-state index contributed by atoms with van der Waals surface area (Å²) in [6.07, 6.45) is 6.56. The fraction of sp³-hybridized carbons (Fsp3) is 0.400. The van der Waals surface area contributed by atoms with Crippen molar-refractivity contribution < 1.29 is 0 Å². The minimum absolute atomic E-state index is 0.774. The predicted molar refractivity (Wildman–Crippen MR) is 73.4 cm³/mol. The first-order valence-electron chi connectivity index (χ1n) is 6.63. The fourth-order valence-corrected chi connectivity index (χ4v) is 2.22. The molecule has 0 amide bonds. The number of benzene rings is 1. The lowest BCUT2D eigenvalue weighted by Crippen LogP contribution is -2.21. The van der Waals surface area contributed by atoms with Crippen LogP contribution in [0.25, 0.3) is 11.3 Å². The molecule has 0 spiro atoms. The number of nitrogens with one attached hydrogen (secondary N) is 1. The van der Waals surface area contributed by atoms with Crippen molar-refractivity contribution in [3.8, 4) is 11.3 Å². The fourth-order valence-electron chi connectivity index (χ4n) is 2.22. The van der Waals surface area contributed by atoms with E-state index in [0.717, 1.165) is 19.1 Å². The second-order valence-electron chi connectivity index (χ2n) is 5.07. The van der Waals surface area contributed by atoms with Crippen LogP contribution in [0.2, 0.25) is 0 Å². The first kappa shape index (κ1) is 11.5. The van der Waals surface area contributed by atoms with Gasteiger partial charge in [0.2, 0.25) is 0 Å². The Kier molecular flexibility index (Phi) is 3.15. The maximum absolute atomic E-state index is 4.28. The molecule has 1 heterocycles. The van der Waals surface area contributed by atoms with E-state index in [4.69, 9.17) is 0 Å². The maximum atomic E-state index is 4.28. The number of hydrogen-bond acceptors (Lipinski definition) is 2. The van der Waals surface area contributed by atoms with Crippen LogP contribution in [0.15, 0.2) is 36.8 Å². The molecular formula is C15H19N3. The molecule has 1 saturated carbocycles. The van der Waals surface area contributed by atoms with E-state index in [1.807, 2.05) is 12.5 Å². The summed E-state index contributed by atoms with van der Waals surface area (Å²) in [4.78, 5) is 4.28. The van der Waals surface area contributed by atoms with E-state index in [-0.39, 0.29) is 0 Å². The van der Waals surface area contributed by atoms with Gasteiger partial charge in [0.05, 0.1) is 18.2 Å². The van der Waals surface area contributed by atoms with Crippen molar-refractivity contribution in [3.05, 3.63) is 42.4 Å². The summed E-state index contributed by atoms with van der Waals surface area (Å²) in [7, 11) is 0. The normalized spacial score (nSPS) is 14.9. The molecule has 3 heteroatoms. The van der Waals surface area contributed by atoms with Crippen molar-refractivity contribution in [1.29, 1.82) is 0 Å². The third-order valence-electron chi connectivity index (χ3n) is 3.39. The molecule has 1 aromatic heterocycles. The highest BCUT2D eigenvalue weighted by Gasteiger charge is 2.19. The van der Waals surface area contributed by atoms with E-state index in [2.05, 4.69) is 46.1 Å². The molecule has 0 unspecified atom stereocenters. The molecule has 3 nitrogen and oxygen atoms in total. The summed E-state index contributed by atoms with van der Waals surface area (Å²) in [6, 6.07) is 9.36. The molecule has 0 bridgehead atoms. The molecule has 0 radical (unpaired) electrons. The van der Waals surface area contributed by atoms with E-state index in [1.54, 1.807) is 0 Å². The molecule has 1 N–H and O–H groups in total. The molecule has 1 fully saturated rings. The van der Waals surface area contributed by atoms with Crippen LogP contribution in [0.3, 0.4) is 0 Å². The predicted octanol–water partition coefficient (Wildman–Crippen LogP) is 2.61. The maximum Gasteiger partial charge on any atom is 0.0951 e. The van der Waals surface area contributed by atoms with Gasteiger partial charge in [-0.15, -0.1) is 0 Å². The van der Waals surface area contributed by atoms with Gasteiger partial charge in [0.1, 0.15) is 0 Å². The van der Waals surface area contributed by atoms with Crippen molar-refractivity contribution in [2.24, 2.45) is 0 Å². The Hall–Kier alpha value is -1.61. The van der Waals surface area contributed by atoms with Crippen LogP contribution in [0.4, 0.5) is 0 Å². The van der Waals surface area contributed by atoms with E-state index in [1.165, 1.54) is 29.7 Å². The Morgan fingerprint density at radius 2 is 2.28 bits per heavy atom. The van der Waals surface area contributed by atoms with Gasteiger partial charge in [0, 0.05) is 24.7 Å². The SMILES string of the molecule is Cc1cccc(-c2cncn2CCNC2CC2)c1. The van der Waals surface area contributed by atoms with Gasteiger partial charge in [-0.05, 0) is 25.8 Å². The average molecular weight is 241 g/mol. The highest BCUT2D eigenvalue weighted by molar-refractivity contribution is 5.59. The van der Waals surface area contributed by atoms with Crippen LogP contribution >= 0.6 is 0 Å². The second kappa shape index (κ2) is 4.94. The van der Waals surface area contributed by atoms with Crippen LogP contribution in [0, 0.1) is 6.92 Å². The van der Waals surface area contributed by atoms with E-state index in [9.17, 15) is 0 Å². The van der Waals surface area contributed by atoms with Gasteiger partial charge in [-0.3, -0.25) is 0 Å². The number of aromatic nitrogens is 2. The number of rotatable bonds is 5. The summed E-state index contributed by atoms with van der Waals surface area (Å²) in [6.45, 7) is 4.14. The highest BCUT2D eigenvalue weighted by Crippen LogP contribution is 2.20. The molecule has 1 aliphatic carbocycles. The van der Waals surface area contributed by atoms with E-state index in [0.29, 0.717) is 0 Å². The zero-order valence-electron chi connectivity index (χ0n) is 10.8. The van der Waals surface area contributed by atoms with Crippen LogP contribution in [0.5, 0.6) is 0 Å². The number of hydrogen-bond donors (Lipinski definition) is 1. The minimum Gasteiger partial charge on any atom is -0.329 e. The average Bonchev–Trinajstić information content (AvgIpc) is 3.06. The summed E-state index contributed by atoms with van der Waals surface area (Å²) >= 11 is 0. The van der Waals surface area contributed by atoms with E-state index >= 15 is 0 Å². The standard InChI is InChI=1S/C15H19N3/c1-12-3-2-4-13(9-12)15-10-16-11-18(15)8-7-17-14-5-6-14/h2-4,9-11,14,17H,5-8H2,1H3. The molecule has 0 saturated heterocycles. The zero-order valence-corrected chi connectivity index (χ0v) is 10.8. The summed E-state index contributed by atoms with van der Waals surface area (Å²) < 4.78 is 2.23. The van der Waals surface area contributed by atoms with Gasteiger partial charge in [-0.2, -0.15) is 0 Å². The zero-order chi connectivity index (χ0) is 12.4.